The van der Waals surface area contributed by atoms with Crippen molar-refractivity contribution in [2.24, 2.45) is 0 Å². The van der Waals surface area contributed by atoms with Gasteiger partial charge in [0.1, 0.15) is 23.6 Å². The summed E-state index contributed by atoms with van der Waals surface area (Å²) in [5.41, 5.74) is 0.900. The first kappa shape index (κ1) is 33.3. The van der Waals surface area contributed by atoms with Gasteiger partial charge in [0.15, 0.2) is 5.82 Å². The number of pyridine rings is 1. The summed E-state index contributed by atoms with van der Waals surface area (Å²) in [6, 6.07) is 11.4. The number of likely N-dealkylation sites (tertiary alicyclic amines) is 1. The van der Waals surface area contributed by atoms with Crippen LogP contribution >= 0.6 is 11.6 Å². The highest BCUT2D eigenvalue weighted by molar-refractivity contribution is 6.36. The highest BCUT2D eigenvalue weighted by Crippen LogP contribution is 2.40. The number of hydrogen-bond donors (Lipinski definition) is 0. The fourth-order valence-electron chi connectivity index (χ4n) is 8.32. The molecule has 4 aromatic rings. The van der Waals surface area contributed by atoms with E-state index in [1.54, 1.807) is 18.3 Å². The minimum atomic E-state index is -0.549. The van der Waals surface area contributed by atoms with E-state index in [1.165, 1.54) is 0 Å². The Labute approximate surface area is 296 Å². The molecule has 2 aromatic carbocycles. The van der Waals surface area contributed by atoms with Gasteiger partial charge >= 0.3 is 6.01 Å². The number of carbonyl (C=O) groups excluding carboxylic acids is 1. The van der Waals surface area contributed by atoms with Crippen LogP contribution in [0.5, 0.6) is 6.01 Å². The molecule has 0 unspecified atom stereocenters. The predicted octanol–water partition coefficient (Wildman–Crippen LogP) is 5.57. The second-order valence-corrected chi connectivity index (χ2v) is 14.4. The molecule has 6 heterocycles. The van der Waals surface area contributed by atoms with E-state index in [-0.39, 0.29) is 34.7 Å². The van der Waals surface area contributed by atoms with Gasteiger partial charge in [-0.05, 0) is 56.6 Å². The lowest BCUT2D eigenvalue weighted by Gasteiger charge is -2.31. The lowest BCUT2D eigenvalue weighted by Crippen LogP contribution is -2.43. The number of morpholine rings is 1. The number of carbonyl (C=O) groups is 1. The highest BCUT2D eigenvalue weighted by Gasteiger charge is 2.45. The van der Waals surface area contributed by atoms with Crippen molar-refractivity contribution in [3.8, 4) is 17.3 Å². The first-order chi connectivity index (χ1) is 24.4. The molecule has 262 valence electrons. The van der Waals surface area contributed by atoms with Crippen LogP contribution in [0, 0.1) is 5.82 Å². The zero-order valence-corrected chi connectivity index (χ0v) is 29.2. The number of nitrogens with zero attached hydrogens (tertiary/aromatic N) is 7. The largest absolute Gasteiger partial charge is 0.461 e. The van der Waals surface area contributed by atoms with Gasteiger partial charge in [-0.1, -0.05) is 48.0 Å². The van der Waals surface area contributed by atoms with Crippen LogP contribution in [0.25, 0.3) is 32.9 Å². The van der Waals surface area contributed by atoms with Crippen LogP contribution in [0.15, 0.2) is 54.7 Å². The molecule has 0 radical (unpaired) electrons. The number of halogens is 2. The summed E-state index contributed by atoms with van der Waals surface area (Å²) in [6.07, 6.45) is 10.5. The summed E-state index contributed by atoms with van der Waals surface area (Å²) in [4.78, 5) is 36.1. The Kier molecular flexibility index (Phi) is 9.32. The Morgan fingerprint density at radius 3 is 2.68 bits per heavy atom. The summed E-state index contributed by atoms with van der Waals surface area (Å²) >= 11 is 6.65. The molecular weight excluding hydrogens is 657 g/mol. The molecule has 4 aliphatic heterocycles. The average Bonchev–Trinajstić information content (AvgIpc) is 3.88. The summed E-state index contributed by atoms with van der Waals surface area (Å²) in [5, 5.41) is 2.65. The van der Waals surface area contributed by atoms with Crippen molar-refractivity contribution in [2.75, 3.05) is 77.6 Å². The van der Waals surface area contributed by atoms with Crippen molar-refractivity contribution >= 4 is 45.0 Å². The number of ether oxygens (including phenoxy) is 2. The second-order valence-electron chi connectivity index (χ2n) is 14.0. The maximum Gasteiger partial charge on any atom is 0.319 e. The van der Waals surface area contributed by atoms with Crippen molar-refractivity contribution in [1.29, 1.82) is 0 Å². The van der Waals surface area contributed by atoms with E-state index >= 15 is 4.39 Å². The lowest BCUT2D eigenvalue weighted by atomic mass is 9.95. The molecule has 0 aliphatic carbocycles. The molecule has 10 nitrogen and oxygen atoms in total. The number of anilines is 1. The number of hydrogen-bond acceptors (Lipinski definition) is 9. The van der Waals surface area contributed by atoms with E-state index in [1.807, 2.05) is 53.3 Å². The summed E-state index contributed by atoms with van der Waals surface area (Å²) in [6.45, 7) is 7.69. The second kappa shape index (κ2) is 14.0. The highest BCUT2D eigenvalue weighted by atomic mass is 35.5. The number of benzene rings is 2. The molecule has 4 fully saturated rings. The Hall–Kier alpha value is -3.90. The van der Waals surface area contributed by atoms with E-state index in [9.17, 15) is 4.79 Å². The topological polar surface area (TPSA) is 87.2 Å². The summed E-state index contributed by atoms with van der Waals surface area (Å²) in [7, 11) is 1.95. The van der Waals surface area contributed by atoms with Crippen LogP contribution in [0.3, 0.4) is 0 Å². The molecule has 0 bridgehead atoms. The van der Waals surface area contributed by atoms with E-state index in [0.717, 1.165) is 88.8 Å². The Morgan fingerprint density at radius 2 is 1.88 bits per heavy atom. The molecule has 0 saturated carbocycles. The average molecular weight is 700 g/mol. The third kappa shape index (κ3) is 6.29. The van der Waals surface area contributed by atoms with Crippen LogP contribution < -0.4 is 9.64 Å². The molecule has 4 saturated heterocycles. The van der Waals surface area contributed by atoms with Gasteiger partial charge in [-0.25, -0.2) is 4.39 Å². The Bertz CT molecular complexity index is 1920. The molecule has 8 rings (SSSR count). The van der Waals surface area contributed by atoms with Gasteiger partial charge in [-0.2, -0.15) is 9.97 Å². The predicted molar refractivity (Wildman–Crippen MR) is 193 cm³/mol. The first-order valence-corrected chi connectivity index (χ1v) is 18.2. The van der Waals surface area contributed by atoms with Crippen molar-refractivity contribution in [1.82, 2.24) is 29.7 Å². The maximum absolute atomic E-state index is 16.8. The summed E-state index contributed by atoms with van der Waals surface area (Å²) in [5.74, 6) is -0.0194. The first-order valence-electron chi connectivity index (χ1n) is 17.8. The Balaban J connectivity index is 1.10. The number of aromatic nitrogens is 3. The number of amides is 1. The molecule has 1 amide bonds. The zero-order valence-electron chi connectivity index (χ0n) is 28.5. The number of likely N-dealkylation sites (N-methyl/N-ethyl adjacent to an activating group) is 1. The van der Waals surface area contributed by atoms with Crippen LogP contribution in [0.1, 0.15) is 32.1 Å². The monoisotopic (exact) mass is 699 g/mol. The minimum absolute atomic E-state index is 0.00577. The molecule has 2 aromatic heterocycles. The van der Waals surface area contributed by atoms with Gasteiger partial charge in [0.05, 0.1) is 24.1 Å². The fourth-order valence-corrected chi connectivity index (χ4v) is 8.60. The summed E-state index contributed by atoms with van der Waals surface area (Å²) < 4.78 is 28.7. The van der Waals surface area contributed by atoms with Crippen LogP contribution in [0.2, 0.25) is 5.02 Å². The zero-order chi connectivity index (χ0) is 34.2. The van der Waals surface area contributed by atoms with Crippen molar-refractivity contribution in [2.45, 2.75) is 43.7 Å². The van der Waals surface area contributed by atoms with Gasteiger partial charge in [0.2, 0.25) is 5.91 Å². The van der Waals surface area contributed by atoms with E-state index in [0.29, 0.717) is 41.5 Å². The Morgan fingerprint density at radius 1 is 1.10 bits per heavy atom. The molecule has 0 spiro atoms. The number of rotatable bonds is 9. The van der Waals surface area contributed by atoms with E-state index in [4.69, 9.17) is 31.0 Å². The smallest absolute Gasteiger partial charge is 0.319 e. The standard InChI is InChI=1S/C38H43ClFN7O3/c1-44(27-12-18-46(24-27)31(48)11-4-15-45-19-21-49-22-20-45)36-29-23-41-34(28-9-2-7-26-8-3-10-30(39)32(26)28)33(40)35(29)42-37(43-36)50-25-38-13-5-16-47(38)17-6-14-38/h2-4,7-11,23,27H,5-6,12-22,24-25H2,1H3/b11-4+/t27-/m1/s1. The molecule has 4 aliphatic rings. The molecular formula is C38H43ClFN7O3. The fraction of sp³-hybridized carbons (Fsp3) is 0.474. The SMILES string of the molecule is CN(c1nc(OCC23CCCN2CCC3)nc2c(F)c(-c3cccc4cccc(Cl)c34)ncc12)[C@@H]1CCN(C(=O)/C=C/CN2CCOCC2)C1. The molecule has 0 N–H and O–H groups in total. The quantitative estimate of drug-likeness (QED) is 0.208. The number of fused-ring (bicyclic) bond motifs is 3. The third-order valence-electron chi connectivity index (χ3n) is 11.1. The minimum Gasteiger partial charge on any atom is -0.461 e. The van der Waals surface area contributed by atoms with Gasteiger partial charge < -0.3 is 19.3 Å². The molecule has 12 heteroatoms. The lowest BCUT2D eigenvalue weighted by molar-refractivity contribution is -0.125. The van der Waals surface area contributed by atoms with E-state index < -0.39 is 5.82 Å². The maximum atomic E-state index is 16.8. The van der Waals surface area contributed by atoms with Gasteiger partial charge in [0, 0.05) is 74.1 Å². The van der Waals surface area contributed by atoms with E-state index in [2.05, 4.69) is 14.8 Å². The molecule has 1 atom stereocenters. The normalized spacial score (nSPS) is 21.1. The van der Waals surface area contributed by atoms with Gasteiger partial charge in [-0.3, -0.25) is 19.6 Å². The molecule has 50 heavy (non-hydrogen) atoms. The van der Waals surface area contributed by atoms with Crippen molar-refractivity contribution < 1.29 is 18.7 Å². The van der Waals surface area contributed by atoms with Gasteiger partial charge in [0.25, 0.3) is 0 Å². The van der Waals surface area contributed by atoms with Crippen molar-refractivity contribution in [3.05, 3.63) is 65.6 Å². The van der Waals surface area contributed by atoms with Crippen LogP contribution in [-0.2, 0) is 9.53 Å². The van der Waals surface area contributed by atoms with Crippen LogP contribution in [-0.4, -0.2) is 120 Å². The van der Waals surface area contributed by atoms with Crippen LogP contribution in [0.4, 0.5) is 10.2 Å². The van der Waals surface area contributed by atoms with Crippen molar-refractivity contribution in [3.63, 3.8) is 0 Å². The van der Waals surface area contributed by atoms with Gasteiger partial charge in [-0.15, -0.1) is 0 Å². The third-order valence-corrected chi connectivity index (χ3v) is 11.4.